The summed E-state index contributed by atoms with van der Waals surface area (Å²) in [6, 6.07) is 1.67. The van der Waals surface area contributed by atoms with Gasteiger partial charge in [0.15, 0.2) is 0 Å². The molecule has 9 heavy (non-hydrogen) atoms. The van der Waals surface area contributed by atoms with Crippen LogP contribution in [0.2, 0.25) is 0 Å². The quantitative estimate of drug-likeness (QED) is 0.444. The SMILES string of the molecule is c1cc2nnnn2nn1. The molecular formula is C3H2N6. The van der Waals surface area contributed by atoms with E-state index in [1.807, 2.05) is 0 Å². The highest BCUT2D eigenvalue weighted by molar-refractivity contribution is 5.29. The Morgan fingerprint density at radius 1 is 1.33 bits per heavy atom. The second-order valence-electron chi connectivity index (χ2n) is 1.45. The molecule has 0 amide bonds. The summed E-state index contributed by atoms with van der Waals surface area (Å²) >= 11 is 0. The normalized spacial score (nSPS) is 10.2. The molecule has 44 valence electrons. The topological polar surface area (TPSA) is 68.9 Å². The van der Waals surface area contributed by atoms with Crippen LogP contribution in [0.1, 0.15) is 0 Å². The van der Waals surface area contributed by atoms with Crippen molar-refractivity contribution in [3.63, 3.8) is 0 Å². The van der Waals surface area contributed by atoms with Crippen LogP contribution in [-0.2, 0) is 0 Å². The maximum Gasteiger partial charge on any atom is 0.203 e. The zero-order valence-corrected chi connectivity index (χ0v) is 4.34. The summed E-state index contributed by atoms with van der Waals surface area (Å²) < 4.78 is 1.25. The Balaban J connectivity index is 2.95. The van der Waals surface area contributed by atoms with Crippen molar-refractivity contribution in [2.45, 2.75) is 0 Å². The van der Waals surface area contributed by atoms with E-state index in [2.05, 4.69) is 25.8 Å². The van der Waals surface area contributed by atoms with Gasteiger partial charge in [-0.2, -0.15) is 0 Å². The van der Waals surface area contributed by atoms with Crippen LogP contribution >= 0.6 is 0 Å². The first kappa shape index (κ1) is 4.30. The molecule has 0 bridgehead atoms. The summed E-state index contributed by atoms with van der Waals surface area (Å²) in [7, 11) is 0. The average Bonchev–Trinajstić information content (AvgIpc) is 2.33. The molecule has 0 unspecified atom stereocenters. The Labute approximate surface area is 49.5 Å². The molecule has 0 fully saturated rings. The van der Waals surface area contributed by atoms with Crippen LogP contribution < -0.4 is 0 Å². The molecule has 0 aliphatic heterocycles. The smallest absolute Gasteiger partial charge is 0.139 e. The second kappa shape index (κ2) is 1.44. The van der Waals surface area contributed by atoms with Crippen molar-refractivity contribution in [3.05, 3.63) is 12.3 Å². The van der Waals surface area contributed by atoms with E-state index in [0.717, 1.165) is 0 Å². The number of aromatic nitrogens is 6. The molecule has 0 saturated heterocycles. The van der Waals surface area contributed by atoms with Gasteiger partial charge in [0.05, 0.1) is 6.20 Å². The van der Waals surface area contributed by atoms with Crippen LogP contribution in [0.5, 0.6) is 0 Å². The van der Waals surface area contributed by atoms with Crippen molar-refractivity contribution in [2.75, 3.05) is 0 Å². The fraction of sp³-hybridized carbons (Fsp3) is 0. The molecule has 6 heteroatoms. The minimum Gasteiger partial charge on any atom is -0.139 e. The maximum absolute atomic E-state index is 3.62. The van der Waals surface area contributed by atoms with E-state index in [4.69, 9.17) is 0 Å². The van der Waals surface area contributed by atoms with Crippen molar-refractivity contribution >= 4 is 5.65 Å². The van der Waals surface area contributed by atoms with Gasteiger partial charge in [0, 0.05) is 6.07 Å². The predicted octanol–water partition coefficient (Wildman–Crippen LogP) is -1.09. The molecule has 2 rings (SSSR count). The van der Waals surface area contributed by atoms with Gasteiger partial charge in [-0.25, -0.2) is 0 Å². The van der Waals surface area contributed by atoms with Crippen molar-refractivity contribution in [3.8, 4) is 0 Å². The summed E-state index contributed by atoms with van der Waals surface area (Å²) in [5.41, 5.74) is 0.602. The lowest BCUT2D eigenvalue weighted by molar-refractivity contribution is 0.678. The Morgan fingerprint density at radius 3 is 3.22 bits per heavy atom. The first-order valence-electron chi connectivity index (χ1n) is 2.33. The molecule has 0 aliphatic carbocycles. The predicted molar refractivity (Wildman–Crippen MR) is 26.4 cm³/mol. The molecule has 0 aromatic carbocycles. The second-order valence-corrected chi connectivity index (χ2v) is 1.45. The van der Waals surface area contributed by atoms with Crippen LogP contribution in [0.4, 0.5) is 0 Å². The first-order chi connectivity index (χ1) is 4.47. The lowest BCUT2D eigenvalue weighted by Crippen LogP contribution is -1.94. The van der Waals surface area contributed by atoms with Crippen LogP contribution in [-0.4, -0.2) is 30.5 Å². The summed E-state index contributed by atoms with van der Waals surface area (Å²) in [5, 5.41) is 17.6. The Bertz CT molecular complexity index is 282. The molecule has 0 saturated carbocycles. The van der Waals surface area contributed by atoms with Gasteiger partial charge in [-0.1, -0.05) is 4.63 Å². The van der Waals surface area contributed by atoms with E-state index in [-0.39, 0.29) is 0 Å². The third kappa shape index (κ3) is 0.525. The number of hydrogen-bond donors (Lipinski definition) is 0. The summed E-state index contributed by atoms with van der Waals surface area (Å²) in [4.78, 5) is 0. The maximum atomic E-state index is 3.62. The lowest BCUT2D eigenvalue weighted by atomic mass is 10.7. The van der Waals surface area contributed by atoms with E-state index < -0.39 is 0 Å². The Morgan fingerprint density at radius 2 is 2.33 bits per heavy atom. The monoisotopic (exact) mass is 122 g/mol. The molecule has 2 aromatic rings. The van der Waals surface area contributed by atoms with Crippen molar-refractivity contribution in [2.24, 2.45) is 0 Å². The number of nitrogens with zero attached hydrogens (tertiary/aromatic N) is 6. The number of hydrogen-bond acceptors (Lipinski definition) is 5. The standard InChI is InChI=1S/C3H2N6/c1-2-4-7-9-3(1)5-6-8-9/h1-2H. The summed E-state index contributed by atoms with van der Waals surface area (Å²) in [5.74, 6) is 0. The molecule has 2 heterocycles. The van der Waals surface area contributed by atoms with Crippen molar-refractivity contribution in [1.29, 1.82) is 0 Å². The fourth-order valence-corrected chi connectivity index (χ4v) is 0.532. The van der Waals surface area contributed by atoms with Gasteiger partial charge >= 0.3 is 0 Å². The zero-order chi connectivity index (χ0) is 6.10. The van der Waals surface area contributed by atoms with Crippen LogP contribution in [0.3, 0.4) is 0 Å². The van der Waals surface area contributed by atoms with Gasteiger partial charge in [0.2, 0.25) is 5.65 Å². The highest BCUT2D eigenvalue weighted by Gasteiger charge is 1.91. The van der Waals surface area contributed by atoms with Crippen LogP contribution in [0.25, 0.3) is 5.65 Å². The van der Waals surface area contributed by atoms with Gasteiger partial charge in [0.25, 0.3) is 0 Å². The molecule has 0 radical (unpaired) electrons. The largest absolute Gasteiger partial charge is 0.203 e. The first-order valence-corrected chi connectivity index (χ1v) is 2.33. The van der Waals surface area contributed by atoms with Crippen molar-refractivity contribution < 1.29 is 0 Å². The molecule has 6 nitrogen and oxygen atoms in total. The van der Waals surface area contributed by atoms with Gasteiger partial charge in [-0.3, -0.25) is 0 Å². The number of tetrazole rings is 1. The molecule has 0 N–H and O–H groups in total. The lowest BCUT2D eigenvalue weighted by Gasteiger charge is -1.79. The van der Waals surface area contributed by atoms with E-state index in [9.17, 15) is 0 Å². The van der Waals surface area contributed by atoms with E-state index in [1.165, 1.54) is 10.8 Å². The molecular weight excluding hydrogens is 120 g/mol. The van der Waals surface area contributed by atoms with Gasteiger partial charge in [-0.05, 0) is 15.6 Å². The highest BCUT2D eigenvalue weighted by atomic mass is 15.6. The van der Waals surface area contributed by atoms with Crippen LogP contribution in [0.15, 0.2) is 12.3 Å². The van der Waals surface area contributed by atoms with Gasteiger partial charge < -0.3 is 0 Å². The van der Waals surface area contributed by atoms with E-state index >= 15 is 0 Å². The molecule has 0 spiro atoms. The van der Waals surface area contributed by atoms with Crippen molar-refractivity contribution in [1.82, 2.24) is 30.5 Å². The zero-order valence-electron chi connectivity index (χ0n) is 4.34. The highest BCUT2D eigenvalue weighted by Crippen LogP contribution is 1.85. The van der Waals surface area contributed by atoms with Gasteiger partial charge in [-0.15, -0.1) is 10.2 Å². The average molecular weight is 122 g/mol. The fourth-order valence-electron chi connectivity index (χ4n) is 0.532. The molecule has 0 aliphatic rings. The third-order valence-electron chi connectivity index (χ3n) is 0.903. The minimum atomic E-state index is 0.602. The Kier molecular flexibility index (Phi) is 0.689. The number of rotatable bonds is 0. The Hall–Kier alpha value is -1.59. The van der Waals surface area contributed by atoms with E-state index in [0.29, 0.717) is 5.65 Å². The van der Waals surface area contributed by atoms with Crippen LogP contribution in [0, 0.1) is 0 Å². The molecule has 0 atom stereocenters. The summed E-state index contributed by atoms with van der Waals surface area (Å²) in [6.07, 6.45) is 1.53. The third-order valence-corrected chi connectivity index (χ3v) is 0.903. The summed E-state index contributed by atoms with van der Waals surface area (Å²) in [6.45, 7) is 0. The number of fused-ring (bicyclic) bond motifs is 1. The molecule has 2 aromatic heterocycles. The van der Waals surface area contributed by atoms with E-state index in [1.54, 1.807) is 6.07 Å². The van der Waals surface area contributed by atoms with Gasteiger partial charge in [0.1, 0.15) is 0 Å². The minimum absolute atomic E-state index is 0.602.